The van der Waals surface area contributed by atoms with Crippen LogP contribution < -0.4 is 5.32 Å². The van der Waals surface area contributed by atoms with E-state index in [4.69, 9.17) is 0 Å². The predicted octanol–water partition coefficient (Wildman–Crippen LogP) is 1.34. The molecular weight excluding hydrogens is 204 g/mol. The Balaban J connectivity index is 3.18. The fraction of sp³-hybridized carbons (Fsp3) is 0.500. The van der Waals surface area contributed by atoms with Gasteiger partial charge in [0.05, 0.1) is 10.6 Å². The fourth-order valence-electron chi connectivity index (χ4n) is 1.27. The first-order valence-electron chi connectivity index (χ1n) is 3.89. The van der Waals surface area contributed by atoms with Crippen molar-refractivity contribution in [2.75, 3.05) is 26.7 Å². The molecule has 5 heteroatoms. The van der Waals surface area contributed by atoms with Crippen LogP contribution in [0.3, 0.4) is 0 Å². The minimum absolute atomic E-state index is 0.174. The molecule has 72 valence electrons. The number of rotatable bonds is 2. The van der Waals surface area contributed by atoms with Crippen LogP contribution >= 0.6 is 15.8 Å². The maximum atomic E-state index is 11.4. The van der Waals surface area contributed by atoms with E-state index < -0.39 is 15.8 Å². The number of hydrogen-bond donors (Lipinski definition) is 1. The summed E-state index contributed by atoms with van der Waals surface area (Å²) in [4.78, 5) is 22.8. The monoisotopic (exact) mass is 217 g/mol. The Bertz CT molecular complexity index is 267. The van der Waals surface area contributed by atoms with Crippen molar-refractivity contribution in [1.82, 2.24) is 5.32 Å². The highest BCUT2D eigenvalue weighted by molar-refractivity contribution is 7.67. The van der Waals surface area contributed by atoms with Crippen molar-refractivity contribution in [3.8, 4) is 0 Å². The third-order valence-corrected chi connectivity index (χ3v) is 4.59. The Morgan fingerprint density at radius 2 is 1.15 bits per heavy atom. The van der Waals surface area contributed by atoms with Crippen LogP contribution in [0.5, 0.6) is 0 Å². The smallest absolute Gasteiger partial charge is 0.259 e. The first-order valence-corrected chi connectivity index (χ1v) is 8.37. The van der Waals surface area contributed by atoms with Crippen molar-refractivity contribution in [1.29, 1.82) is 0 Å². The lowest BCUT2D eigenvalue weighted by atomic mass is 10.5. The van der Waals surface area contributed by atoms with Crippen LogP contribution in [0, 0.1) is 0 Å². The highest BCUT2D eigenvalue weighted by Gasteiger charge is 2.32. The number of carbonyl (C=O) groups is 2. The van der Waals surface area contributed by atoms with Gasteiger partial charge in [-0.05, 0) is 26.7 Å². The van der Waals surface area contributed by atoms with Crippen LogP contribution in [0.25, 0.3) is 0 Å². The number of hydrogen-bond acceptors (Lipinski definition) is 2. The van der Waals surface area contributed by atoms with E-state index in [-0.39, 0.29) is 11.8 Å². The number of nitrogens with one attached hydrogen (secondary N) is 1. The molecule has 0 aromatic rings. The van der Waals surface area contributed by atoms with Crippen molar-refractivity contribution in [2.45, 2.75) is 0 Å². The zero-order valence-corrected chi connectivity index (χ0v) is 10.00. The van der Waals surface area contributed by atoms with E-state index in [2.05, 4.69) is 5.32 Å². The molecule has 1 aliphatic heterocycles. The van der Waals surface area contributed by atoms with Crippen LogP contribution in [0.4, 0.5) is 0 Å². The summed E-state index contributed by atoms with van der Waals surface area (Å²) in [5.74, 6) is -0.348. The third kappa shape index (κ3) is 1.98. The summed E-state index contributed by atoms with van der Waals surface area (Å²) < 4.78 is 0. The molecule has 13 heavy (non-hydrogen) atoms. The summed E-state index contributed by atoms with van der Waals surface area (Å²) in [6.45, 7) is 8.01. The lowest BCUT2D eigenvalue weighted by molar-refractivity contribution is -0.123. The third-order valence-electron chi connectivity index (χ3n) is 1.78. The molecule has 0 aromatic heterocycles. The van der Waals surface area contributed by atoms with E-state index in [1.165, 1.54) is 0 Å². The molecule has 0 fully saturated rings. The summed E-state index contributed by atoms with van der Waals surface area (Å²) in [6.07, 6.45) is 0. The Kier molecular flexibility index (Phi) is 3.21. The molecule has 1 rings (SSSR count). The van der Waals surface area contributed by atoms with E-state index in [9.17, 15) is 9.59 Å². The van der Waals surface area contributed by atoms with Gasteiger partial charge in [-0.15, -0.1) is 0 Å². The van der Waals surface area contributed by atoms with Gasteiger partial charge in [0.2, 0.25) is 0 Å². The van der Waals surface area contributed by atoms with Gasteiger partial charge in [-0.2, -0.15) is 0 Å². The van der Waals surface area contributed by atoms with Crippen molar-refractivity contribution >= 4 is 27.7 Å². The van der Waals surface area contributed by atoms with Crippen molar-refractivity contribution < 1.29 is 9.59 Å². The van der Waals surface area contributed by atoms with Crippen molar-refractivity contribution in [3.63, 3.8) is 0 Å². The van der Waals surface area contributed by atoms with Gasteiger partial charge in [0.1, 0.15) is 0 Å². The summed E-state index contributed by atoms with van der Waals surface area (Å²) >= 11 is 0. The SMILES string of the molecule is CP(C)C1=C(P(C)C)C(=O)NC1=O. The molecule has 0 aliphatic carbocycles. The average Bonchev–Trinajstić information content (AvgIpc) is 2.24. The molecule has 2 amide bonds. The summed E-state index contributed by atoms with van der Waals surface area (Å²) in [6, 6.07) is 0. The number of carbonyl (C=O) groups excluding carboxylic acids is 2. The van der Waals surface area contributed by atoms with Crippen LogP contribution in [0.15, 0.2) is 10.6 Å². The molecule has 1 heterocycles. The molecule has 3 nitrogen and oxygen atoms in total. The standard InChI is InChI=1S/C8H13NO2P2/c1-12(2)5-6(13(3)4)8(11)9-7(5)10/h1-4H3,(H,9,10,11). The van der Waals surface area contributed by atoms with E-state index in [0.29, 0.717) is 0 Å². The largest absolute Gasteiger partial charge is 0.288 e. The van der Waals surface area contributed by atoms with Gasteiger partial charge in [0, 0.05) is 0 Å². The molecule has 0 bridgehead atoms. The Morgan fingerprint density at radius 1 is 0.846 bits per heavy atom. The quantitative estimate of drug-likeness (QED) is 0.560. The van der Waals surface area contributed by atoms with Gasteiger partial charge in [-0.1, -0.05) is 15.8 Å². The first-order chi connectivity index (χ1) is 5.95. The first kappa shape index (κ1) is 10.8. The molecule has 0 saturated carbocycles. The zero-order valence-electron chi connectivity index (χ0n) is 8.21. The van der Waals surface area contributed by atoms with Gasteiger partial charge in [0.15, 0.2) is 0 Å². The number of imide groups is 1. The second kappa shape index (κ2) is 3.86. The number of amides is 2. The van der Waals surface area contributed by atoms with Gasteiger partial charge in [0.25, 0.3) is 11.8 Å². The maximum Gasteiger partial charge on any atom is 0.259 e. The average molecular weight is 217 g/mol. The second-order valence-electron chi connectivity index (χ2n) is 3.27. The van der Waals surface area contributed by atoms with Crippen LogP contribution in [-0.4, -0.2) is 38.5 Å². The molecule has 0 saturated heterocycles. The molecule has 0 spiro atoms. The minimum Gasteiger partial charge on any atom is -0.288 e. The molecule has 0 radical (unpaired) electrons. The molecular formula is C8H13NO2P2. The lowest BCUT2D eigenvalue weighted by Gasteiger charge is -2.09. The topological polar surface area (TPSA) is 46.2 Å². The van der Waals surface area contributed by atoms with Crippen LogP contribution in [0.1, 0.15) is 0 Å². The molecule has 0 unspecified atom stereocenters. The lowest BCUT2D eigenvalue weighted by Crippen LogP contribution is -2.22. The van der Waals surface area contributed by atoms with E-state index >= 15 is 0 Å². The molecule has 0 atom stereocenters. The Labute approximate surface area is 80.5 Å². The highest BCUT2D eigenvalue weighted by Crippen LogP contribution is 2.50. The Morgan fingerprint density at radius 3 is 1.38 bits per heavy atom. The normalized spacial score (nSPS) is 17.7. The van der Waals surface area contributed by atoms with Crippen molar-refractivity contribution in [2.24, 2.45) is 0 Å². The predicted molar refractivity (Wildman–Crippen MR) is 57.7 cm³/mol. The summed E-state index contributed by atoms with van der Waals surface area (Å²) in [7, 11) is -0.953. The van der Waals surface area contributed by atoms with Crippen LogP contribution in [-0.2, 0) is 9.59 Å². The summed E-state index contributed by atoms with van der Waals surface area (Å²) in [5.41, 5.74) is 0. The van der Waals surface area contributed by atoms with Gasteiger partial charge in [-0.3, -0.25) is 14.9 Å². The molecule has 0 aromatic carbocycles. The van der Waals surface area contributed by atoms with Gasteiger partial charge in [-0.25, -0.2) is 0 Å². The molecule has 1 N–H and O–H groups in total. The van der Waals surface area contributed by atoms with E-state index in [1.54, 1.807) is 0 Å². The van der Waals surface area contributed by atoms with E-state index in [1.807, 2.05) is 26.7 Å². The second-order valence-corrected chi connectivity index (χ2v) is 7.74. The molecule has 1 aliphatic rings. The summed E-state index contributed by atoms with van der Waals surface area (Å²) in [5, 5.41) is 3.85. The van der Waals surface area contributed by atoms with Gasteiger partial charge < -0.3 is 0 Å². The fourth-order valence-corrected chi connectivity index (χ4v) is 4.44. The van der Waals surface area contributed by atoms with Crippen molar-refractivity contribution in [3.05, 3.63) is 10.6 Å². The maximum absolute atomic E-state index is 11.4. The van der Waals surface area contributed by atoms with Gasteiger partial charge >= 0.3 is 0 Å². The minimum atomic E-state index is -0.476. The zero-order chi connectivity index (χ0) is 10.2. The van der Waals surface area contributed by atoms with Crippen LogP contribution in [0.2, 0.25) is 0 Å². The Hall–Kier alpha value is -0.260. The van der Waals surface area contributed by atoms with E-state index in [0.717, 1.165) is 10.6 Å². The highest BCUT2D eigenvalue weighted by atomic mass is 31.1.